The Morgan fingerprint density at radius 3 is 2.67 bits per heavy atom. The molecular weight excluding hydrogens is 393 g/mol. The lowest BCUT2D eigenvalue weighted by atomic mass is 9.92. The molecule has 0 aromatic heterocycles. The molecule has 164 valence electrons. The van der Waals surface area contributed by atoms with E-state index in [4.69, 9.17) is 4.74 Å². The van der Waals surface area contributed by atoms with Gasteiger partial charge < -0.3 is 20.1 Å². The van der Waals surface area contributed by atoms with Gasteiger partial charge in [-0.3, -0.25) is 0 Å². The number of ether oxygens (including phenoxy) is 2. The van der Waals surface area contributed by atoms with Crippen molar-refractivity contribution in [2.75, 3.05) is 13.2 Å². The summed E-state index contributed by atoms with van der Waals surface area (Å²) in [5.74, 6) is 0.356. The zero-order chi connectivity index (χ0) is 21.4. The maximum absolute atomic E-state index is 12.7. The Kier molecular flexibility index (Phi) is 7.99. The maximum Gasteiger partial charge on any atom is 0.573 e. The molecule has 0 radical (unpaired) electrons. The van der Waals surface area contributed by atoms with E-state index in [9.17, 15) is 13.2 Å². The Balaban J connectivity index is 1.74. The second-order valence-electron chi connectivity index (χ2n) is 7.49. The number of halogens is 3. The molecule has 1 fully saturated rings. The number of rotatable bonds is 9. The highest BCUT2D eigenvalue weighted by Gasteiger charge is 2.31. The van der Waals surface area contributed by atoms with Crippen LogP contribution in [0.5, 0.6) is 11.5 Å². The van der Waals surface area contributed by atoms with E-state index in [1.165, 1.54) is 17.7 Å². The number of hydrogen-bond acceptors (Lipinski definition) is 4. The van der Waals surface area contributed by atoms with Crippen molar-refractivity contribution < 1.29 is 22.6 Å². The number of alkyl halides is 3. The van der Waals surface area contributed by atoms with Crippen LogP contribution in [0.1, 0.15) is 49.8 Å². The first-order valence-corrected chi connectivity index (χ1v) is 10.5. The van der Waals surface area contributed by atoms with Crippen molar-refractivity contribution in [2.24, 2.45) is 0 Å². The van der Waals surface area contributed by atoms with Crippen molar-refractivity contribution in [3.05, 3.63) is 59.7 Å². The molecule has 2 unspecified atom stereocenters. The van der Waals surface area contributed by atoms with Gasteiger partial charge in [0, 0.05) is 24.2 Å². The number of unbranched alkanes of at least 4 members (excludes halogenated alkanes) is 1. The Morgan fingerprint density at radius 1 is 1.13 bits per heavy atom. The van der Waals surface area contributed by atoms with Crippen molar-refractivity contribution in [1.29, 1.82) is 0 Å². The molecule has 30 heavy (non-hydrogen) atoms. The fourth-order valence-electron chi connectivity index (χ4n) is 3.72. The van der Waals surface area contributed by atoms with Gasteiger partial charge in [0.15, 0.2) is 0 Å². The fraction of sp³-hybridized carbons (Fsp3) is 0.478. The first-order valence-electron chi connectivity index (χ1n) is 10.5. The molecule has 1 saturated heterocycles. The van der Waals surface area contributed by atoms with Crippen molar-refractivity contribution >= 4 is 0 Å². The summed E-state index contributed by atoms with van der Waals surface area (Å²) in [5, 5.41) is 7.08. The Labute approximate surface area is 175 Å². The van der Waals surface area contributed by atoms with Gasteiger partial charge >= 0.3 is 6.36 Å². The zero-order valence-electron chi connectivity index (χ0n) is 17.2. The summed E-state index contributed by atoms with van der Waals surface area (Å²) in [5.41, 5.74) is 1.86. The smallest absolute Gasteiger partial charge is 0.493 e. The number of piperidine rings is 1. The lowest BCUT2D eigenvalue weighted by molar-refractivity contribution is -0.274. The molecule has 3 rings (SSSR count). The molecule has 1 aliphatic rings. The summed E-state index contributed by atoms with van der Waals surface area (Å²) >= 11 is 0. The Morgan fingerprint density at radius 2 is 1.93 bits per heavy atom. The van der Waals surface area contributed by atoms with E-state index in [2.05, 4.69) is 34.4 Å². The van der Waals surface area contributed by atoms with Crippen LogP contribution in [0.15, 0.2) is 48.5 Å². The molecule has 2 N–H and O–H groups in total. The van der Waals surface area contributed by atoms with Crippen LogP contribution in [-0.2, 0) is 6.54 Å². The quantitative estimate of drug-likeness (QED) is 0.535. The standard InChI is InChI=1S/C23H29F3N2O2/c1-2-3-14-29-21-12-11-19(30-23(24,25)26)15-18(21)16-28-20-10-7-13-27-22(20)17-8-5-4-6-9-17/h4-6,8-9,11-12,15,20,22,27-28H,2-3,7,10,13-14,16H2,1H3. The highest BCUT2D eigenvalue weighted by atomic mass is 19.4. The second-order valence-corrected chi connectivity index (χ2v) is 7.49. The van der Waals surface area contributed by atoms with E-state index < -0.39 is 6.36 Å². The largest absolute Gasteiger partial charge is 0.573 e. The monoisotopic (exact) mass is 422 g/mol. The molecule has 2 aromatic rings. The van der Waals surface area contributed by atoms with Crippen LogP contribution in [0.4, 0.5) is 13.2 Å². The van der Waals surface area contributed by atoms with Crippen molar-refractivity contribution in [3.8, 4) is 11.5 Å². The van der Waals surface area contributed by atoms with Crippen LogP contribution in [0.2, 0.25) is 0 Å². The molecule has 0 saturated carbocycles. The molecule has 2 aromatic carbocycles. The first kappa shape index (κ1) is 22.4. The molecule has 0 bridgehead atoms. The minimum absolute atomic E-state index is 0.152. The molecule has 0 spiro atoms. The van der Waals surface area contributed by atoms with Gasteiger partial charge in [-0.25, -0.2) is 0 Å². The van der Waals surface area contributed by atoms with Crippen LogP contribution in [0.25, 0.3) is 0 Å². The SMILES string of the molecule is CCCCOc1ccc(OC(F)(F)F)cc1CNC1CCCNC1c1ccccc1. The van der Waals surface area contributed by atoms with E-state index in [1.54, 1.807) is 6.07 Å². The van der Waals surface area contributed by atoms with Gasteiger partial charge in [-0.05, 0) is 49.6 Å². The molecule has 0 amide bonds. The predicted octanol–water partition coefficient (Wildman–Crippen LogP) is 5.35. The highest BCUT2D eigenvalue weighted by Crippen LogP contribution is 2.30. The van der Waals surface area contributed by atoms with Gasteiger partial charge in [0.1, 0.15) is 11.5 Å². The third kappa shape index (κ3) is 6.64. The molecule has 0 aliphatic carbocycles. The molecule has 7 heteroatoms. The highest BCUT2D eigenvalue weighted by molar-refractivity contribution is 5.40. The van der Waals surface area contributed by atoms with E-state index in [-0.39, 0.29) is 17.8 Å². The third-order valence-corrected chi connectivity index (χ3v) is 5.19. The summed E-state index contributed by atoms with van der Waals surface area (Å²) < 4.78 is 47.9. The number of nitrogens with one attached hydrogen (secondary N) is 2. The number of hydrogen-bond donors (Lipinski definition) is 2. The van der Waals surface area contributed by atoms with Gasteiger partial charge in [0.2, 0.25) is 0 Å². The summed E-state index contributed by atoms with van der Waals surface area (Å²) in [6, 6.07) is 14.8. The van der Waals surface area contributed by atoms with Gasteiger partial charge in [-0.1, -0.05) is 43.7 Å². The molecule has 2 atom stereocenters. The normalized spacial score (nSPS) is 19.5. The summed E-state index contributed by atoms with van der Waals surface area (Å²) in [4.78, 5) is 0. The lowest BCUT2D eigenvalue weighted by Crippen LogP contribution is -2.45. The van der Waals surface area contributed by atoms with Gasteiger partial charge in [0.25, 0.3) is 0 Å². The summed E-state index contributed by atoms with van der Waals surface area (Å²) in [6.07, 6.45) is -0.831. The van der Waals surface area contributed by atoms with Crippen LogP contribution < -0.4 is 20.1 Å². The average molecular weight is 422 g/mol. The summed E-state index contributed by atoms with van der Waals surface area (Å²) in [6.45, 7) is 3.93. The van der Waals surface area contributed by atoms with Crippen molar-refractivity contribution in [2.45, 2.75) is 57.6 Å². The van der Waals surface area contributed by atoms with Gasteiger partial charge in [-0.2, -0.15) is 0 Å². The van der Waals surface area contributed by atoms with Crippen LogP contribution in [0, 0.1) is 0 Å². The Hall–Kier alpha value is -2.25. The lowest BCUT2D eigenvalue weighted by Gasteiger charge is -2.34. The molecular formula is C23H29F3N2O2. The van der Waals surface area contributed by atoms with Crippen molar-refractivity contribution in [1.82, 2.24) is 10.6 Å². The average Bonchev–Trinajstić information content (AvgIpc) is 2.73. The maximum atomic E-state index is 12.7. The van der Waals surface area contributed by atoms with E-state index in [1.807, 2.05) is 18.2 Å². The van der Waals surface area contributed by atoms with Crippen LogP contribution >= 0.6 is 0 Å². The van der Waals surface area contributed by atoms with Gasteiger partial charge in [0.05, 0.1) is 6.61 Å². The van der Waals surface area contributed by atoms with Crippen LogP contribution in [0.3, 0.4) is 0 Å². The topological polar surface area (TPSA) is 42.5 Å². The minimum Gasteiger partial charge on any atom is -0.493 e. The molecule has 1 aliphatic heterocycles. The minimum atomic E-state index is -4.72. The predicted molar refractivity (Wildman–Crippen MR) is 111 cm³/mol. The fourth-order valence-corrected chi connectivity index (χ4v) is 3.72. The van der Waals surface area contributed by atoms with Crippen molar-refractivity contribution in [3.63, 3.8) is 0 Å². The van der Waals surface area contributed by atoms with Crippen LogP contribution in [-0.4, -0.2) is 25.6 Å². The van der Waals surface area contributed by atoms with E-state index in [0.29, 0.717) is 24.5 Å². The molecule has 4 nitrogen and oxygen atoms in total. The first-order chi connectivity index (χ1) is 14.5. The molecule has 1 heterocycles. The second kappa shape index (κ2) is 10.7. The Bertz CT molecular complexity index is 784. The summed E-state index contributed by atoms with van der Waals surface area (Å²) in [7, 11) is 0. The number of benzene rings is 2. The van der Waals surface area contributed by atoms with Gasteiger partial charge in [-0.15, -0.1) is 13.2 Å². The third-order valence-electron chi connectivity index (χ3n) is 5.19. The van der Waals surface area contributed by atoms with E-state index >= 15 is 0 Å². The van der Waals surface area contributed by atoms with E-state index in [0.717, 1.165) is 32.2 Å². The zero-order valence-corrected chi connectivity index (χ0v) is 17.2.